The zero-order valence-corrected chi connectivity index (χ0v) is 14.7. The molecule has 6 nitrogen and oxygen atoms in total. The monoisotopic (exact) mass is 360 g/mol. The Bertz CT molecular complexity index is 876. The van der Waals surface area contributed by atoms with Crippen LogP contribution < -0.4 is 10.2 Å². The summed E-state index contributed by atoms with van der Waals surface area (Å²) in [5.41, 5.74) is 3.71. The van der Waals surface area contributed by atoms with Crippen LogP contribution in [0.3, 0.4) is 0 Å². The smallest absolute Gasteiger partial charge is 0.262 e. The molecule has 1 amide bonds. The zero-order valence-electron chi connectivity index (χ0n) is 13.9. The van der Waals surface area contributed by atoms with E-state index in [1.54, 1.807) is 0 Å². The molecule has 0 aliphatic heterocycles. The average molecular weight is 360 g/mol. The predicted molar refractivity (Wildman–Crippen MR) is 94.8 cm³/mol. The largest absolute Gasteiger partial charge is 0.322 e. The van der Waals surface area contributed by atoms with Crippen LogP contribution in [0.15, 0.2) is 47.4 Å². The number of aryl methyl sites for hydroxylation is 1. The number of rotatable bonds is 5. The molecule has 25 heavy (non-hydrogen) atoms. The standard InChI is InChI=1S/C18H20N2O4S/c1-24-20-25(22,23)15-11-9-14(10-12-15)18(21)19-17-8-4-6-13-5-2-3-7-16(13)17/h4,6,8-12,20H,2-3,5,7H2,1H3,(H,19,21). The van der Waals surface area contributed by atoms with Crippen molar-refractivity contribution in [1.82, 2.24) is 4.89 Å². The first-order valence-corrected chi connectivity index (χ1v) is 9.56. The van der Waals surface area contributed by atoms with Gasteiger partial charge in [-0.05, 0) is 67.1 Å². The Morgan fingerprint density at radius 3 is 2.48 bits per heavy atom. The van der Waals surface area contributed by atoms with Crippen molar-refractivity contribution in [1.29, 1.82) is 0 Å². The maximum Gasteiger partial charge on any atom is 0.262 e. The molecule has 2 aromatic rings. The van der Waals surface area contributed by atoms with Gasteiger partial charge in [0.05, 0.1) is 12.0 Å². The second kappa shape index (κ2) is 7.35. The highest BCUT2D eigenvalue weighted by Gasteiger charge is 2.17. The zero-order chi connectivity index (χ0) is 17.9. The van der Waals surface area contributed by atoms with Crippen molar-refractivity contribution >= 4 is 21.6 Å². The Kier molecular flexibility index (Phi) is 5.17. The fourth-order valence-corrected chi connectivity index (χ4v) is 3.85. The second-order valence-corrected chi connectivity index (χ2v) is 7.56. The van der Waals surface area contributed by atoms with Crippen LogP contribution in [-0.2, 0) is 27.7 Å². The Morgan fingerprint density at radius 2 is 1.76 bits per heavy atom. The molecule has 0 unspecified atom stereocenters. The van der Waals surface area contributed by atoms with Gasteiger partial charge in [0, 0.05) is 11.3 Å². The molecule has 0 fully saturated rings. The Balaban J connectivity index is 1.78. The van der Waals surface area contributed by atoms with E-state index in [2.05, 4.69) is 16.2 Å². The first-order chi connectivity index (χ1) is 12.0. The van der Waals surface area contributed by atoms with Gasteiger partial charge in [-0.2, -0.15) is 0 Å². The molecule has 2 aromatic carbocycles. The molecular weight excluding hydrogens is 340 g/mol. The van der Waals surface area contributed by atoms with Gasteiger partial charge in [-0.1, -0.05) is 17.0 Å². The van der Waals surface area contributed by atoms with Gasteiger partial charge in [0.25, 0.3) is 15.9 Å². The molecule has 0 atom stereocenters. The van der Waals surface area contributed by atoms with Crippen LogP contribution >= 0.6 is 0 Å². The lowest BCUT2D eigenvalue weighted by atomic mass is 9.90. The predicted octanol–water partition coefficient (Wildman–Crippen LogP) is 2.66. The van der Waals surface area contributed by atoms with Crippen molar-refractivity contribution < 1.29 is 18.0 Å². The van der Waals surface area contributed by atoms with Crippen LogP contribution in [-0.4, -0.2) is 21.4 Å². The molecule has 0 aromatic heterocycles. The van der Waals surface area contributed by atoms with Crippen molar-refractivity contribution in [2.24, 2.45) is 0 Å². The molecule has 0 heterocycles. The molecule has 1 aliphatic carbocycles. The van der Waals surface area contributed by atoms with Gasteiger partial charge in [-0.15, -0.1) is 0 Å². The average Bonchev–Trinajstić information content (AvgIpc) is 2.62. The number of anilines is 1. The van der Waals surface area contributed by atoms with Gasteiger partial charge in [0.2, 0.25) is 0 Å². The van der Waals surface area contributed by atoms with E-state index in [0.717, 1.165) is 24.9 Å². The molecule has 0 bridgehead atoms. The molecule has 0 saturated heterocycles. The molecule has 7 heteroatoms. The third-order valence-corrected chi connectivity index (χ3v) is 5.54. The van der Waals surface area contributed by atoms with Gasteiger partial charge in [-0.25, -0.2) is 8.42 Å². The number of hydrogen-bond acceptors (Lipinski definition) is 4. The van der Waals surface area contributed by atoms with Gasteiger partial charge < -0.3 is 5.32 Å². The molecule has 0 saturated carbocycles. The lowest BCUT2D eigenvalue weighted by Crippen LogP contribution is -2.22. The highest BCUT2D eigenvalue weighted by Crippen LogP contribution is 2.28. The normalized spacial score (nSPS) is 14.0. The summed E-state index contributed by atoms with van der Waals surface area (Å²) in [6.45, 7) is 0. The number of fused-ring (bicyclic) bond motifs is 1. The fourth-order valence-electron chi connectivity index (χ4n) is 3.04. The lowest BCUT2D eigenvalue weighted by molar-refractivity contribution is 0.102. The van der Waals surface area contributed by atoms with Crippen LogP contribution in [0.1, 0.15) is 34.3 Å². The van der Waals surface area contributed by atoms with Gasteiger partial charge >= 0.3 is 0 Å². The quantitative estimate of drug-likeness (QED) is 0.803. The molecule has 1 aliphatic rings. The number of hydrogen-bond donors (Lipinski definition) is 2. The van der Waals surface area contributed by atoms with Crippen LogP contribution in [0.4, 0.5) is 5.69 Å². The number of amides is 1. The van der Waals surface area contributed by atoms with Crippen molar-refractivity contribution in [3.63, 3.8) is 0 Å². The maximum absolute atomic E-state index is 12.5. The van der Waals surface area contributed by atoms with Crippen LogP contribution in [0.2, 0.25) is 0 Å². The SMILES string of the molecule is CONS(=O)(=O)c1ccc(C(=O)Nc2cccc3c2CCCC3)cc1. The Morgan fingerprint density at radius 1 is 1.04 bits per heavy atom. The van der Waals surface area contributed by atoms with Crippen molar-refractivity contribution in [3.05, 3.63) is 59.2 Å². The van der Waals surface area contributed by atoms with Crippen molar-refractivity contribution in [2.75, 3.05) is 12.4 Å². The van der Waals surface area contributed by atoms with Gasteiger partial charge in [-0.3, -0.25) is 9.63 Å². The summed E-state index contributed by atoms with van der Waals surface area (Å²) in [5.74, 6) is -0.261. The van der Waals surface area contributed by atoms with E-state index in [-0.39, 0.29) is 10.8 Å². The van der Waals surface area contributed by atoms with Gasteiger partial charge in [0.15, 0.2) is 0 Å². The number of carbonyl (C=O) groups is 1. The van der Waals surface area contributed by atoms with Crippen molar-refractivity contribution in [2.45, 2.75) is 30.6 Å². The minimum atomic E-state index is -3.73. The molecular formula is C18H20N2O4S. The number of carbonyl (C=O) groups excluding carboxylic acids is 1. The second-order valence-electron chi connectivity index (χ2n) is 5.92. The number of sulfonamides is 1. The minimum absolute atomic E-state index is 0.0305. The van der Waals surface area contributed by atoms with E-state index in [9.17, 15) is 13.2 Å². The van der Waals surface area contributed by atoms with E-state index in [0.29, 0.717) is 5.56 Å². The summed E-state index contributed by atoms with van der Waals surface area (Å²) in [4.78, 5) is 18.9. The summed E-state index contributed by atoms with van der Waals surface area (Å²) < 4.78 is 23.7. The third-order valence-electron chi connectivity index (χ3n) is 4.26. The highest BCUT2D eigenvalue weighted by atomic mass is 32.2. The van der Waals surface area contributed by atoms with Crippen molar-refractivity contribution in [3.8, 4) is 0 Å². The summed E-state index contributed by atoms with van der Waals surface area (Å²) in [5, 5.41) is 2.94. The summed E-state index contributed by atoms with van der Waals surface area (Å²) in [6.07, 6.45) is 4.30. The number of benzene rings is 2. The maximum atomic E-state index is 12.5. The van der Waals surface area contributed by atoms with E-state index in [4.69, 9.17) is 0 Å². The topological polar surface area (TPSA) is 84.5 Å². The Hall–Kier alpha value is -2.22. The van der Waals surface area contributed by atoms with Gasteiger partial charge in [0.1, 0.15) is 0 Å². The summed E-state index contributed by atoms with van der Waals surface area (Å²) in [6, 6.07) is 11.7. The van der Waals surface area contributed by atoms with Crippen LogP contribution in [0.25, 0.3) is 0 Å². The van der Waals surface area contributed by atoms with E-state index >= 15 is 0 Å². The van der Waals surface area contributed by atoms with Crippen LogP contribution in [0, 0.1) is 0 Å². The third kappa shape index (κ3) is 3.89. The molecule has 2 N–H and O–H groups in total. The molecule has 132 valence electrons. The van der Waals surface area contributed by atoms with E-state index in [1.165, 1.54) is 48.9 Å². The first kappa shape index (κ1) is 17.6. The molecule has 0 spiro atoms. The van der Waals surface area contributed by atoms with Crippen LogP contribution in [0.5, 0.6) is 0 Å². The van der Waals surface area contributed by atoms with E-state index in [1.807, 2.05) is 17.0 Å². The molecule has 3 rings (SSSR count). The summed E-state index contributed by atoms with van der Waals surface area (Å²) >= 11 is 0. The lowest BCUT2D eigenvalue weighted by Gasteiger charge is -2.19. The summed E-state index contributed by atoms with van der Waals surface area (Å²) in [7, 11) is -2.51. The minimum Gasteiger partial charge on any atom is -0.322 e. The first-order valence-electron chi connectivity index (χ1n) is 8.08. The number of nitrogens with one attached hydrogen (secondary N) is 2. The van der Waals surface area contributed by atoms with E-state index < -0.39 is 10.0 Å². The Labute approximate surface area is 147 Å². The molecule has 0 radical (unpaired) electrons. The fraction of sp³-hybridized carbons (Fsp3) is 0.278. The highest BCUT2D eigenvalue weighted by molar-refractivity contribution is 7.89.